The molecule has 2 aliphatic rings. The normalized spacial score (nSPS) is 30.0. The molecule has 0 aliphatic heterocycles. The molecule has 0 spiro atoms. The van der Waals surface area contributed by atoms with Gasteiger partial charge in [-0.15, -0.1) is 0 Å². The fraction of sp³-hybridized carbons (Fsp3) is 0.682. The Morgan fingerprint density at radius 1 is 0.920 bits per heavy atom. The second-order valence-electron chi connectivity index (χ2n) is 8.15. The number of hydrogen-bond acceptors (Lipinski definition) is 1. The van der Waals surface area contributed by atoms with Crippen LogP contribution in [-0.2, 0) is 0 Å². The average Bonchev–Trinajstić information content (AvgIpc) is 2.62. The Hall–Kier alpha value is -1.43. The van der Waals surface area contributed by atoms with Gasteiger partial charge < -0.3 is 0 Å². The molecule has 3 rings (SSSR count). The van der Waals surface area contributed by atoms with Gasteiger partial charge in [0.2, 0.25) is 0 Å². The lowest BCUT2D eigenvalue weighted by atomic mass is 9.68. The van der Waals surface area contributed by atoms with E-state index in [2.05, 4.69) is 6.92 Å². The van der Waals surface area contributed by atoms with Crippen molar-refractivity contribution in [3.05, 3.63) is 34.9 Å². The van der Waals surface area contributed by atoms with Crippen molar-refractivity contribution in [3.63, 3.8) is 0 Å². The van der Waals surface area contributed by atoms with E-state index in [-0.39, 0.29) is 5.92 Å². The third-order valence-electron chi connectivity index (χ3n) is 6.67. The van der Waals surface area contributed by atoms with E-state index in [1.54, 1.807) is 6.07 Å². The lowest BCUT2D eigenvalue weighted by Gasteiger charge is -2.38. The minimum absolute atomic E-state index is 0.240. The molecule has 0 N–H and O–H groups in total. The summed E-state index contributed by atoms with van der Waals surface area (Å²) in [6.07, 6.45) is 12.6. The predicted molar refractivity (Wildman–Crippen MR) is 96.1 cm³/mol. The zero-order valence-electron chi connectivity index (χ0n) is 15.2. The first-order valence-corrected chi connectivity index (χ1v) is 10.0. The van der Waals surface area contributed by atoms with Gasteiger partial charge in [-0.3, -0.25) is 0 Å². The van der Waals surface area contributed by atoms with Crippen LogP contribution < -0.4 is 0 Å². The summed E-state index contributed by atoms with van der Waals surface area (Å²) in [5.41, 5.74) is 0.278. The summed E-state index contributed by atoms with van der Waals surface area (Å²) < 4.78 is 27.7. The summed E-state index contributed by atoms with van der Waals surface area (Å²) in [5, 5.41) is 8.80. The molecule has 0 saturated heterocycles. The van der Waals surface area contributed by atoms with Crippen molar-refractivity contribution in [3.8, 4) is 6.07 Å². The van der Waals surface area contributed by atoms with E-state index in [1.165, 1.54) is 63.5 Å². The Bertz CT molecular complexity index is 594. The largest absolute Gasteiger partial charge is 0.205 e. The molecule has 0 bridgehead atoms. The van der Waals surface area contributed by atoms with Crippen molar-refractivity contribution in [2.45, 2.75) is 77.0 Å². The van der Waals surface area contributed by atoms with Crippen molar-refractivity contribution >= 4 is 0 Å². The molecule has 25 heavy (non-hydrogen) atoms. The lowest BCUT2D eigenvalue weighted by molar-refractivity contribution is 0.156. The molecule has 0 aromatic heterocycles. The monoisotopic (exact) mass is 345 g/mol. The average molecular weight is 345 g/mol. The van der Waals surface area contributed by atoms with E-state index >= 15 is 0 Å². The van der Waals surface area contributed by atoms with E-state index in [0.717, 1.165) is 36.2 Å². The molecule has 0 heterocycles. The first-order chi connectivity index (χ1) is 12.1. The zero-order chi connectivity index (χ0) is 17.8. The maximum absolute atomic E-state index is 13.9. The second kappa shape index (κ2) is 8.30. The molecule has 3 heteroatoms. The summed E-state index contributed by atoms with van der Waals surface area (Å²) in [4.78, 5) is 0. The van der Waals surface area contributed by atoms with Crippen LogP contribution in [0.2, 0.25) is 0 Å². The maximum Gasteiger partial charge on any atom is 0.144 e. The smallest absolute Gasteiger partial charge is 0.144 e. The van der Waals surface area contributed by atoms with E-state index in [1.807, 2.05) is 0 Å². The highest BCUT2D eigenvalue weighted by Gasteiger charge is 2.31. The molecule has 2 saturated carbocycles. The van der Waals surface area contributed by atoms with Crippen molar-refractivity contribution in [1.29, 1.82) is 5.26 Å². The standard InChI is InChI=1S/C22H29F2N/c1-2-3-15-4-6-16(7-5-15)17-8-10-18(11-9-17)19-12-21(23)20(14-25)22(24)13-19/h12-13,15-18H,2-11H2,1H3. The van der Waals surface area contributed by atoms with Crippen LogP contribution in [0, 0.1) is 40.7 Å². The highest BCUT2D eigenvalue weighted by Crippen LogP contribution is 2.44. The maximum atomic E-state index is 13.9. The van der Waals surface area contributed by atoms with Crippen LogP contribution in [0.5, 0.6) is 0 Å². The van der Waals surface area contributed by atoms with Gasteiger partial charge in [0.15, 0.2) is 0 Å². The van der Waals surface area contributed by atoms with Crippen molar-refractivity contribution in [2.75, 3.05) is 0 Å². The SMILES string of the molecule is CCCC1CCC(C2CCC(c3cc(F)c(C#N)c(F)c3)CC2)CC1. The zero-order valence-corrected chi connectivity index (χ0v) is 15.2. The Morgan fingerprint density at radius 3 is 1.92 bits per heavy atom. The van der Waals surface area contributed by atoms with Crippen molar-refractivity contribution in [1.82, 2.24) is 0 Å². The Labute approximate surface area is 150 Å². The van der Waals surface area contributed by atoms with Crippen LogP contribution in [0.1, 0.15) is 88.2 Å². The van der Waals surface area contributed by atoms with Crippen LogP contribution in [0.15, 0.2) is 12.1 Å². The number of halogens is 2. The molecule has 0 amide bonds. The number of nitriles is 1. The topological polar surface area (TPSA) is 23.8 Å². The highest BCUT2D eigenvalue weighted by atomic mass is 19.1. The molecule has 1 aromatic carbocycles. The Morgan fingerprint density at radius 2 is 1.44 bits per heavy atom. The molecule has 136 valence electrons. The van der Waals surface area contributed by atoms with Crippen molar-refractivity contribution in [2.24, 2.45) is 17.8 Å². The van der Waals surface area contributed by atoms with Gasteiger partial charge in [-0.05, 0) is 79.9 Å². The van der Waals surface area contributed by atoms with E-state index in [9.17, 15) is 8.78 Å². The molecular formula is C22H29F2N. The Kier molecular flexibility index (Phi) is 6.10. The fourth-order valence-corrected chi connectivity index (χ4v) is 5.22. The first kappa shape index (κ1) is 18.4. The van der Waals surface area contributed by atoms with Crippen LogP contribution in [-0.4, -0.2) is 0 Å². The molecule has 0 unspecified atom stereocenters. The van der Waals surface area contributed by atoms with Gasteiger partial charge in [0, 0.05) is 0 Å². The molecular weight excluding hydrogens is 316 g/mol. The number of hydrogen-bond donors (Lipinski definition) is 0. The van der Waals surface area contributed by atoms with Gasteiger partial charge in [-0.2, -0.15) is 5.26 Å². The molecule has 2 aliphatic carbocycles. The number of rotatable bonds is 4. The van der Waals surface area contributed by atoms with Crippen molar-refractivity contribution < 1.29 is 8.78 Å². The minimum atomic E-state index is -0.714. The molecule has 1 aromatic rings. The highest BCUT2D eigenvalue weighted by molar-refractivity contribution is 5.36. The van der Waals surface area contributed by atoms with Crippen LogP contribution in [0.4, 0.5) is 8.78 Å². The van der Waals surface area contributed by atoms with E-state index in [0.29, 0.717) is 0 Å². The summed E-state index contributed by atoms with van der Waals surface area (Å²) in [6.45, 7) is 2.28. The van der Waals surface area contributed by atoms with Crippen LogP contribution in [0.25, 0.3) is 0 Å². The summed E-state index contributed by atoms with van der Waals surface area (Å²) in [6, 6.07) is 4.36. The fourth-order valence-electron chi connectivity index (χ4n) is 5.22. The number of benzene rings is 1. The van der Waals surface area contributed by atoms with Gasteiger partial charge in [0.1, 0.15) is 23.3 Å². The third-order valence-corrected chi connectivity index (χ3v) is 6.67. The second-order valence-corrected chi connectivity index (χ2v) is 8.15. The van der Waals surface area contributed by atoms with E-state index in [4.69, 9.17) is 5.26 Å². The summed E-state index contributed by atoms with van der Waals surface area (Å²) in [7, 11) is 0. The lowest BCUT2D eigenvalue weighted by Crippen LogP contribution is -2.25. The molecule has 2 fully saturated rings. The summed E-state index contributed by atoms with van der Waals surface area (Å²) in [5.74, 6) is 1.42. The van der Waals surface area contributed by atoms with E-state index < -0.39 is 17.2 Å². The predicted octanol–water partition coefficient (Wildman–Crippen LogP) is 6.72. The summed E-state index contributed by atoms with van der Waals surface area (Å²) >= 11 is 0. The number of nitrogens with zero attached hydrogens (tertiary/aromatic N) is 1. The molecule has 0 radical (unpaired) electrons. The van der Waals surface area contributed by atoms with Crippen LogP contribution >= 0.6 is 0 Å². The molecule has 0 atom stereocenters. The van der Waals surface area contributed by atoms with Gasteiger partial charge in [0.05, 0.1) is 0 Å². The van der Waals surface area contributed by atoms with Gasteiger partial charge in [0.25, 0.3) is 0 Å². The quantitative estimate of drug-likeness (QED) is 0.594. The first-order valence-electron chi connectivity index (χ1n) is 10.0. The van der Waals surface area contributed by atoms with Crippen LogP contribution in [0.3, 0.4) is 0 Å². The Balaban J connectivity index is 1.55. The van der Waals surface area contributed by atoms with Gasteiger partial charge in [-0.25, -0.2) is 8.78 Å². The molecule has 1 nitrogen and oxygen atoms in total. The van der Waals surface area contributed by atoms with Gasteiger partial charge >= 0.3 is 0 Å². The van der Waals surface area contributed by atoms with Gasteiger partial charge in [-0.1, -0.05) is 32.6 Å². The minimum Gasteiger partial charge on any atom is -0.205 e. The third kappa shape index (κ3) is 4.22.